The first kappa shape index (κ1) is 12.0. The summed E-state index contributed by atoms with van der Waals surface area (Å²) in [7, 11) is 0. The molecular weight excluding hydrogens is 224 g/mol. The summed E-state index contributed by atoms with van der Waals surface area (Å²) in [5.41, 5.74) is 8.55. The summed E-state index contributed by atoms with van der Waals surface area (Å²) >= 11 is 0. The van der Waals surface area contributed by atoms with Crippen molar-refractivity contribution in [2.24, 2.45) is 0 Å². The number of hydrogen-bond donors (Lipinski definition) is 1. The van der Waals surface area contributed by atoms with E-state index in [1.165, 1.54) is 31.4 Å². The fourth-order valence-corrected chi connectivity index (χ4v) is 2.87. The molecule has 3 rings (SSSR count). The number of nitrogen functional groups attached to an aromatic ring is 1. The Morgan fingerprint density at radius 1 is 1.11 bits per heavy atom. The summed E-state index contributed by atoms with van der Waals surface area (Å²) in [4.78, 5) is 2.53. The monoisotopic (exact) mass is 246 g/mol. The van der Waals surface area contributed by atoms with Crippen molar-refractivity contribution in [2.45, 2.75) is 24.7 Å². The molecule has 0 radical (unpaired) electrons. The van der Waals surface area contributed by atoms with Gasteiger partial charge in [-0.15, -0.1) is 0 Å². The third kappa shape index (κ3) is 2.52. The first-order chi connectivity index (χ1) is 8.78. The van der Waals surface area contributed by atoms with E-state index in [1.807, 2.05) is 12.1 Å². The molecule has 1 heterocycles. The molecule has 0 spiro atoms. The van der Waals surface area contributed by atoms with E-state index in [-0.39, 0.29) is 0 Å². The molecule has 2 N–H and O–H groups in total. The molecule has 0 bridgehead atoms. The van der Waals surface area contributed by atoms with Crippen LogP contribution in [0.15, 0.2) is 24.3 Å². The molecule has 1 aromatic rings. The van der Waals surface area contributed by atoms with Crippen LogP contribution in [0.2, 0.25) is 0 Å². The summed E-state index contributed by atoms with van der Waals surface area (Å²) in [6.45, 7) is 5.19. The van der Waals surface area contributed by atoms with E-state index in [0.29, 0.717) is 5.41 Å². The van der Waals surface area contributed by atoms with Gasteiger partial charge in [0.2, 0.25) is 0 Å². The molecule has 0 unspecified atom stereocenters. The number of ether oxygens (including phenoxy) is 1. The topological polar surface area (TPSA) is 38.5 Å². The Kier molecular flexibility index (Phi) is 3.27. The van der Waals surface area contributed by atoms with Crippen LogP contribution in [0.25, 0.3) is 0 Å². The third-order valence-electron chi connectivity index (χ3n) is 4.39. The Morgan fingerprint density at radius 2 is 1.78 bits per heavy atom. The molecule has 3 nitrogen and oxygen atoms in total. The Labute approximate surface area is 109 Å². The lowest BCUT2D eigenvalue weighted by atomic mass is 9.92. The first-order valence-corrected chi connectivity index (χ1v) is 6.95. The minimum Gasteiger partial charge on any atom is -0.399 e. The van der Waals surface area contributed by atoms with Crippen LogP contribution in [0.4, 0.5) is 5.69 Å². The Bertz CT molecular complexity index is 391. The van der Waals surface area contributed by atoms with Crippen LogP contribution < -0.4 is 5.73 Å². The quantitative estimate of drug-likeness (QED) is 0.826. The molecule has 0 atom stereocenters. The van der Waals surface area contributed by atoms with Crippen LogP contribution in [0.3, 0.4) is 0 Å². The summed E-state index contributed by atoms with van der Waals surface area (Å²) in [5, 5.41) is 0. The second kappa shape index (κ2) is 4.90. The zero-order valence-electron chi connectivity index (χ0n) is 10.9. The van der Waals surface area contributed by atoms with Crippen molar-refractivity contribution < 1.29 is 4.74 Å². The second-order valence-electron chi connectivity index (χ2n) is 5.61. The summed E-state index contributed by atoms with van der Waals surface area (Å²) < 4.78 is 5.39. The minimum atomic E-state index is 0.450. The number of nitrogens with zero attached hydrogens (tertiary/aromatic N) is 1. The van der Waals surface area contributed by atoms with Gasteiger partial charge in [0.05, 0.1) is 13.2 Å². The van der Waals surface area contributed by atoms with E-state index < -0.39 is 0 Å². The molecule has 1 saturated heterocycles. The molecule has 18 heavy (non-hydrogen) atoms. The largest absolute Gasteiger partial charge is 0.399 e. The number of anilines is 1. The van der Waals surface area contributed by atoms with Gasteiger partial charge in [0, 0.05) is 18.8 Å². The van der Waals surface area contributed by atoms with Crippen molar-refractivity contribution in [3.8, 4) is 0 Å². The van der Waals surface area contributed by atoms with Crippen LogP contribution in [0.1, 0.15) is 24.8 Å². The number of morpholine rings is 1. The SMILES string of the molecule is Nc1ccc(C2(CCN3CCOCC3)CC2)cc1. The smallest absolute Gasteiger partial charge is 0.0594 e. The lowest BCUT2D eigenvalue weighted by molar-refractivity contribution is 0.0362. The Hall–Kier alpha value is -1.06. The number of benzene rings is 1. The van der Waals surface area contributed by atoms with E-state index in [1.54, 1.807) is 0 Å². The van der Waals surface area contributed by atoms with Gasteiger partial charge < -0.3 is 10.5 Å². The van der Waals surface area contributed by atoms with E-state index in [9.17, 15) is 0 Å². The van der Waals surface area contributed by atoms with Crippen LogP contribution in [0.5, 0.6) is 0 Å². The summed E-state index contributed by atoms with van der Waals surface area (Å²) in [6, 6.07) is 8.48. The zero-order chi connectivity index (χ0) is 12.4. The van der Waals surface area contributed by atoms with Gasteiger partial charge in [-0.05, 0) is 48.9 Å². The maximum absolute atomic E-state index is 5.76. The molecule has 1 aromatic carbocycles. The van der Waals surface area contributed by atoms with Gasteiger partial charge >= 0.3 is 0 Å². The predicted octanol–water partition coefficient (Wildman–Crippen LogP) is 2.02. The van der Waals surface area contributed by atoms with Crippen LogP contribution in [0, 0.1) is 0 Å². The highest BCUT2D eigenvalue weighted by atomic mass is 16.5. The Balaban J connectivity index is 1.59. The standard InChI is InChI=1S/C15H22N2O/c16-14-3-1-13(2-4-14)15(5-6-15)7-8-17-9-11-18-12-10-17/h1-4H,5-12,16H2. The number of nitrogens with two attached hydrogens (primary N) is 1. The molecule has 1 saturated carbocycles. The number of rotatable bonds is 4. The average molecular weight is 246 g/mol. The van der Waals surface area contributed by atoms with E-state index >= 15 is 0 Å². The summed E-state index contributed by atoms with van der Waals surface area (Å²) in [6.07, 6.45) is 3.94. The van der Waals surface area contributed by atoms with Gasteiger partial charge in [-0.25, -0.2) is 0 Å². The van der Waals surface area contributed by atoms with Crippen molar-refractivity contribution in [3.05, 3.63) is 29.8 Å². The predicted molar refractivity (Wildman–Crippen MR) is 73.6 cm³/mol. The van der Waals surface area contributed by atoms with Gasteiger partial charge in [-0.3, -0.25) is 4.90 Å². The third-order valence-corrected chi connectivity index (χ3v) is 4.39. The lowest BCUT2D eigenvalue weighted by Crippen LogP contribution is -2.37. The highest BCUT2D eigenvalue weighted by Crippen LogP contribution is 2.51. The van der Waals surface area contributed by atoms with Crippen molar-refractivity contribution in [1.29, 1.82) is 0 Å². The van der Waals surface area contributed by atoms with E-state index in [0.717, 1.165) is 32.0 Å². The minimum absolute atomic E-state index is 0.450. The summed E-state index contributed by atoms with van der Waals surface area (Å²) in [5.74, 6) is 0. The van der Waals surface area contributed by atoms with Crippen molar-refractivity contribution in [1.82, 2.24) is 4.90 Å². The zero-order valence-corrected chi connectivity index (χ0v) is 10.9. The molecule has 3 heteroatoms. The lowest BCUT2D eigenvalue weighted by Gasteiger charge is -2.28. The maximum Gasteiger partial charge on any atom is 0.0594 e. The molecular formula is C15H22N2O. The normalized spacial score (nSPS) is 22.9. The van der Waals surface area contributed by atoms with Crippen molar-refractivity contribution in [3.63, 3.8) is 0 Å². The molecule has 1 aliphatic carbocycles. The fourth-order valence-electron chi connectivity index (χ4n) is 2.87. The molecule has 1 aliphatic heterocycles. The average Bonchev–Trinajstić information content (AvgIpc) is 3.20. The highest BCUT2D eigenvalue weighted by molar-refractivity contribution is 5.43. The highest BCUT2D eigenvalue weighted by Gasteiger charge is 2.43. The fraction of sp³-hybridized carbons (Fsp3) is 0.600. The van der Waals surface area contributed by atoms with Gasteiger partial charge in [-0.1, -0.05) is 12.1 Å². The van der Waals surface area contributed by atoms with Gasteiger partial charge in [-0.2, -0.15) is 0 Å². The Morgan fingerprint density at radius 3 is 2.39 bits per heavy atom. The van der Waals surface area contributed by atoms with E-state index in [2.05, 4.69) is 17.0 Å². The van der Waals surface area contributed by atoms with Crippen molar-refractivity contribution in [2.75, 3.05) is 38.6 Å². The number of hydrogen-bond acceptors (Lipinski definition) is 3. The van der Waals surface area contributed by atoms with Gasteiger partial charge in [0.25, 0.3) is 0 Å². The molecule has 98 valence electrons. The first-order valence-electron chi connectivity index (χ1n) is 6.95. The maximum atomic E-state index is 5.76. The van der Waals surface area contributed by atoms with Crippen LogP contribution >= 0.6 is 0 Å². The molecule has 2 fully saturated rings. The molecule has 0 aromatic heterocycles. The van der Waals surface area contributed by atoms with Gasteiger partial charge in [0.1, 0.15) is 0 Å². The van der Waals surface area contributed by atoms with Crippen molar-refractivity contribution >= 4 is 5.69 Å². The van der Waals surface area contributed by atoms with Gasteiger partial charge in [0.15, 0.2) is 0 Å². The molecule has 0 amide bonds. The van der Waals surface area contributed by atoms with E-state index in [4.69, 9.17) is 10.5 Å². The van der Waals surface area contributed by atoms with Crippen LogP contribution in [-0.4, -0.2) is 37.7 Å². The molecule has 2 aliphatic rings. The second-order valence-corrected chi connectivity index (χ2v) is 5.61. The van der Waals surface area contributed by atoms with Crippen LogP contribution in [-0.2, 0) is 10.2 Å².